The third kappa shape index (κ3) is 5.48. The van der Waals surface area contributed by atoms with Crippen molar-refractivity contribution in [3.8, 4) is 56.7 Å². The van der Waals surface area contributed by atoms with Gasteiger partial charge in [-0.15, -0.1) is 11.3 Å². The van der Waals surface area contributed by atoms with E-state index in [0.717, 1.165) is 92.7 Å². The summed E-state index contributed by atoms with van der Waals surface area (Å²) in [4.78, 5) is 20.5. The van der Waals surface area contributed by atoms with Crippen LogP contribution < -0.4 is 0 Å². The van der Waals surface area contributed by atoms with Crippen LogP contribution in [0.3, 0.4) is 0 Å². The molecule has 0 N–H and O–H groups in total. The average Bonchev–Trinajstić information content (AvgIpc) is 4.04. The predicted molar refractivity (Wildman–Crippen MR) is 250 cm³/mol. The van der Waals surface area contributed by atoms with Gasteiger partial charge in [0, 0.05) is 53.2 Å². The van der Waals surface area contributed by atoms with Crippen molar-refractivity contribution in [2.24, 2.45) is 0 Å². The molecular formula is C54H30N4O2S. The maximum Gasteiger partial charge on any atom is 0.231 e. The highest BCUT2D eigenvalue weighted by atomic mass is 32.1. The average molecular weight is 799 g/mol. The molecule has 9 aromatic carbocycles. The van der Waals surface area contributed by atoms with Crippen LogP contribution in [-0.2, 0) is 0 Å². The van der Waals surface area contributed by atoms with Gasteiger partial charge in [0.05, 0.1) is 5.56 Å². The van der Waals surface area contributed by atoms with E-state index in [9.17, 15) is 0 Å². The third-order valence-electron chi connectivity index (χ3n) is 11.7. The molecule has 284 valence electrons. The Hall–Kier alpha value is -8.00. The largest absolute Gasteiger partial charge is 0.455 e. The van der Waals surface area contributed by atoms with Crippen LogP contribution >= 0.6 is 11.3 Å². The van der Waals surface area contributed by atoms with Crippen LogP contribution in [0.1, 0.15) is 0 Å². The molecule has 6 nitrogen and oxygen atoms in total. The Kier molecular flexibility index (Phi) is 7.37. The van der Waals surface area contributed by atoms with Gasteiger partial charge in [0.2, 0.25) is 5.89 Å². The molecule has 7 heteroatoms. The van der Waals surface area contributed by atoms with Gasteiger partial charge in [-0.3, -0.25) is 0 Å². The van der Waals surface area contributed by atoms with Crippen LogP contribution in [0.15, 0.2) is 191 Å². The van der Waals surface area contributed by atoms with Crippen molar-refractivity contribution < 1.29 is 8.83 Å². The van der Waals surface area contributed by atoms with Crippen LogP contribution in [0.4, 0.5) is 0 Å². The summed E-state index contributed by atoms with van der Waals surface area (Å²) in [5.41, 5.74) is 8.88. The highest BCUT2D eigenvalue weighted by Crippen LogP contribution is 2.46. The molecule has 0 aliphatic carbocycles. The number of furan rings is 1. The van der Waals surface area contributed by atoms with Crippen molar-refractivity contribution in [1.29, 1.82) is 0 Å². The molecule has 13 rings (SSSR count). The second-order valence-electron chi connectivity index (χ2n) is 15.4. The molecule has 4 heterocycles. The van der Waals surface area contributed by atoms with Crippen LogP contribution in [-0.4, -0.2) is 19.9 Å². The van der Waals surface area contributed by atoms with Gasteiger partial charge in [0.15, 0.2) is 23.1 Å². The number of rotatable bonds is 5. The lowest BCUT2D eigenvalue weighted by Crippen LogP contribution is -2.00. The third-order valence-corrected chi connectivity index (χ3v) is 12.9. The Balaban J connectivity index is 0.958. The summed E-state index contributed by atoms with van der Waals surface area (Å²) in [5, 5.41) is 8.95. The van der Waals surface area contributed by atoms with Gasteiger partial charge in [-0.1, -0.05) is 146 Å². The summed E-state index contributed by atoms with van der Waals surface area (Å²) in [7, 11) is 0. The van der Waals surface area contributed by atoms with Crippen molar-refractivity contribution in [3.63, 3.8) is 0 Å². The van der Waals surface area contributed by atoms with E-state index >= 15 is 0 Å². The lowest BCUT2D eigenvalue weighted by atomic mass is 10.00. The first kappa shape index (κ1) is 33.9. The molecule has 0 unspecified atom stereocenters. The van der Waals surface area contributed by atoms with Crippen molar-refractivity contribution in [1.82, 2.24) is 19.9 Å². The predicted octanol–water partition coefficient (Wildman–Crippen LogP) is 14.9. The number of nitrogens with zero attached hydrogens (tertiary/aromatic N) is 4. The molecule has 61 heavy (non-hydrogen) atoms. The van der Waals surface area contributed by atoms with E-state index in [1.54, 1.807) is 11.3 Å². The number of aromatic nitrogens is 4. The molecule has 0 saturated heterocycles. The van der Waals surface area contributed by atoms with E-state index in [2.05, 4.69) is 152 Å². The number of hydrogen-bond donors (Lipinski definition) is 0. The minimum absolute atomic E-state index is 0.531. The Morgan fingerprint density at radius 1 is 0.377 bits per heavy atom. The van der Waals surface area contributed by atoms with Crippen molar-refractivity contribution in [3.05, 3.63) is 182 Å². The number of fused-ring (bicyclic) bond motifs is 10. The van der Waals surface area contributed by atoms with Gasteiger partial charge in [-0.2, -0.15) is 0 Å². The minimum Gasteiger partial charge on any atom is -0.455 e. The molecule has 0 amide bonds. The maximum atomic E-state index is 6.71. The van der Waals surface area contributed by atoms with Crippen LogP contribution in [0.25, 0.3) is 132 Å². The topological polar surface area (TPSA) is 77.8 Å². The smallest absolute Gasteiger partial charge is 0.231 e. The van der Waals surface area contributed by atoms with E-state index in [0.29, 0.717) is 23.4 Å². The minimum atomic E-state index is 0.531. The van der Waals surface area contributed by atoms with E-state index in [1.165, 1.54) is 15.5 Å². The first-order valence-electron chi connectivity index (χ1n) is 20.2. The summed E-state index contributed by atoms with van der Waals surface area (Å²) >= 11 is 1.78. The SMILES string of the molecule is c1ccc2cc(-c3nc(-c4ccc(-c5cc6oc(-c7cccc8c7oc7ccccc78)nc6c6c5sc5ccccc56)cc4)nc(-c4ccc5ccccc5c4)n3)ccc2c1. The van der Waals surface area contributed by atoms with Gasteiger partial charge >= 0.3 is 0 Å². The van der Waals surface area contributed by atoms with Crippen LogP contribution in [0, 0.1) is 0 Å². The van der Waals surface area contributed by atoms with Gasteiger partial charge in [-0.05, 0) is 63.5 Å². The van der Waals surface area contributed by atoms with Gasteiger partial charge < -0.3 is 8.83 Å². The first-order chi connectivity index (χ1) is 30.2. The van der Waals surface area contributed by atoms with Gasteiger partial charge in [0.1, 0.15) is 16.7 Å². The summed E-state index contributed by atoms with van der Waals surface area (Å²) in [6.45, 7) is 0. The van der Waals surface area contributed by atoms with Crippen LogP contribution in [0.2, 0.25) is 0 Å². The molecule has 0 bridgehead atoms. The van der Waals surface area contributed by atoms with Gasteiger partial charge in [-0.25, -0.2) is 19.9 Å². The number of hydrogen-bond acceptors (Lipinski definition) is 7. The zero-order valence-electron chi connectivity index (χ0n) is 32.3. The summed E-state index contributed by atoms with van der Waals surface area (Å²) in [5.74, 6) is 2.39. The number of para-hydroxylation sites is 2. The highest BCUT2D eigenvalue weighted by Gasteiger charge is 2.22. The fourth-order valence-corrected chi connectivity index (χ4v) is 9.98. The molecule has 0 aliphatic rings. The summed E-state index contributed by atoms with van der Waals surface area (Å²) in [6.07, 6.45) is 0. The lowest BCUT2D eigenvalue weighted by molar-refractivity contribution is 0.615. The molecule has 0 radical (unpaired) electrons. The summed E-state index contributed by atoms with van der Waals surface area (Å²) < 4.78 is 15.5. The normalized spacial score (nSPS) is 11.9. The first-order valence-corrected chi connectivity index (χ1v) is 21.0. The Morgan fingerprint density at radius 3 is 1.67 bits per heavy atom. The Morgan fingerprint density at radius 2 is 0.951 bits per heavy atom. The molecule has 13 aromatic rings. The van der Waals surface area contributed by atoms with E-state index in [1.807, 2.05) is 30.3 Å². The zero-order chi connectivity index (χ0) is 40.0. The zero-order valence-corrected chi connectivity index (χ0v) is 33.2. The number of oxazole rings is 1. The van der Waals surface area contributed by atoms with E-state index in [-0.39, 0.29) is 0 Å². The Bertz CT molecular complexity index is 3800. The Labute approximate surface area is 352 Å². The molecule has 0 spiro atoms. The molecule has 0 fully saturated rings. The lowest BCUT2D eigenvalue weighted by Gasteiger charge is -2.10. The second-order valence-corrected chi connectivity index (χ2v) is 16.4. The standard InChI is InChI=1S/C54H30N4O2S/c1-3-12-35-28-37(26-20-31(35)10-1)52-56-51(57-53(58-52)38-27-21-32-11-2-4-13-36(32)29-38)34-24-22-33(23-25-34)43-30-45-48(47-41-15-6-8-19-46(41)61-50(43)47)55-54(60-45)42-17-9-16-40-39-14-5-7-18-44(39)59-49(40)42/h1-30H. The van der Waals surface area contributed by atoms with Crippen molar-refractivity contribution in [2.45, 2.75) is 0 Å². The quantitative estimate of drug-likeness (QED) is 0.173. The monoisotopic (exact) mass is 798 g/mol. The van der Waals surface area contributed by atoms with E-state index < -0.39 is 0 Å². The van der Waals surface area contributed by atoms with Crippen molar-refractivity contribution >= 4 is 86.1 Å². The fourth-order valence-electron chi connectivity index (χ4n) is 8.74. The van der Waals surface area contributed by atoms with Gasteiger partial charge in [0.25, 0.3) is 0 Å². The number of benzene rings is 9. The summed E-state index contributed by atoms with van der Waals surface area (Å²) in [6, 6.07) is 62.9. The molecule has 0 aliphatic heterocycles. The molecular weight excluding hydrogens is 769 g/mol. The van der Waals surface area contributed by atoms with E-state index in [4.69, 9.17) is 28.8 Å². The van der Waals surface area contributed by atoms with Crippen molar-refractivity contribution in [2.75, 3.05) is 0 Å². The maximum absolute atomic E-state index is 6.71. The molecule has 0 atom stereocenters. The second kappa shape index (κ2) is 13.3. The number of thiophene rings is 1. The highest BCUT2D eigenvalue weighted by molar-refractivity contribution is 7.26. The molecule has 0 saturated carbocycles. The van der Waals surface area contributed by atoms with Crippen LogP contribution in [0.5, 0.6) is 0 Å². The fraction of sp³-hybridized carbons (Fsp3) is 0. The molecule has 4 aromatic heterocycles.